The van der Waals surface area contributed by atoms with Crippen LogP contribution in [0.3, 0.4) is 0 Å². The maximum Gasteiger partial charge on any atom is 0.0805 e. The number of piperidine rings is 1. The molecule has 0 atom stereocenters. The van der Waals surface area contributed by atoms with Crippen molar-refractivity contribution in [3.63, 3.8) is 0 Å². The molecule has 0 radical (unpaired) electrons. The van der Waals surface area contributed by atoms with Gasteiger partial charge in [-0.1, -0.05) is 0 Å². The Morgan fingerprint density at radius 3 is 1.28 bits per heavy atom. The summed E-state index contributed by atoms with van der Waals surface area (Å²) in [6.07, 6.45) is 8.47. The molecule has 0 N–H and O–H groups in total. The zero-order valence-corrected chi connectivity index (χ0v) is 35.4. The third-order valence-corrected chi connectivity index (χ3v) is 13.8. The summed E-state index contributed by atoms with van der Waals surface area (Å²) >= 11 is 0. The van der Waals surface area contributed by atoms with Crippen molar-refractivity contribution in [2.75, 3.05) is 133 Å². The number of likely N-dealkylation sites (N-methyl/N-ethyl adjacent to an activating group) is 3. The van der Waals surface area contributed by atoms with Crippen LogP contribution in [0.15, 0.2) is 0 Å². The van der Waals surface area contributed by atoms with Crippen LogP contribution in [0, 0.1) is 5.41 Å². The van der Waals surface area contributed by atoms with Crippen LogP contribution in [0.5, 0.6) is 0 Å². The molecule has 0 amide bonds. The van der Waals surface area contributed by atoms with Gasteiger partial charge in [-0.2, -0.15) is 0 Å². The standard InChI is InChI=1S/2C11H22N2.C10H20N2O.C9H20N2/c1-10(2)13-6-4-11(5-7-13)8-12(3)9-11;1-10(2)13-8-7-12(3)11(9-13)5-4-6-11;1-9(2)12-5-4-11(3)10(6-12)7-13-8-10;1-9(2)11-6-4-5-10(3)7-8-11/h2*10H,4-9H2,1-3H3;9H,4-8H2,1-3H3;9H,4-8H2,1-3H3. The molecular formula is C41H84N8O. The van der Waals surface area contributed by atoms with E-state index in [1.54, 1.807) is 0 Å². The second-order valence-electron chi connectivity index (χ2n) is 18.9. The van der Waals surface area contributed by atoms with Crippen molar-refractivity contribution in [2.24, 2.45) is 5.41 Å². The first-order valence-electron chi connectivity index (χ1n) is 20.9. The molecule has 6 saturated heterocycles. The second kappa shape index (κ2) is 18.8. The van der Waals surface area contributed by atoms with Gasteiger partial charge in [0.05, 0.1) is 18.8 Å². The third-order valence-electron chi connectivity index (χ3n) is 13.8. The van der Waals surface area contributed by atoms with Gasteiger partial charge in [0.1, 0.15) is 0 Å². The van der Waals surface area contributed by atoms with E-state index in [0.717, 1.165) is 36.8 Å². The minimum Gasteiger partial charge on any atom is -0.377 e. The van der Waals surface area contributed by atoms with Crippen molar-refractivity contribution >= 4 is 0 Å². The number of ether oxygens (including phenoxy) is 1. The molecule has 0 unspecified atom stereocenters. The Kier molecular flexibility index (Phi) is 15.9. The number of rotatable bonds is 4. The molecular weight excluding hydrogens is 621 g/mol. The highest BCUT2D eigenvalue weighted by molar-refractivity contribution is 5.03. The van der Waals surface area contributed by atoms with Gasteiger partial charge in [-0.25, -0.2) is 0 Å². The van der Waals surface area contributed by atoms with Crippen LogP contribution < -0.4 is 0 Å². The number of hydrogen-bond acceptors (Lipinski definition) is 9. The van der Waals surface area contributed by atoms with Crippen LogP contribution in [0.25, 0.3) is 0 Å². The Morgan fingerprint density at radius 2 is 0.860 bits per heavy atom. The van der Waals surface area contributed by atoms with Crippen LogP contribution in [-0.4, -0.2) is 207 Å². The molecule has 9 nitrogen and oxygen atoms in total. The molecule has 1 saturated carbocycles. The average molecular weight is 705 g/mol. The quantitative estimate of drug-likeness (QED) is 0.423. The number of likely N-dealkylation sites (tertiary alicyclic amines) is 2. The van der Waals surface area contributed by atoms with Crippen LogP contribution in [-0.2, 0) is 4.74 Å². The lowest BCUT2D eigenvalue weighted by Gasteiger charge is -2.55. The van der Waals surface area contributed by atoms with E-state index in [-0.39, 0.29) is 0 Å². The van der Waals surface area contributed by atoms with E-state index in [1.165, 1.54) is 130 Å². The molecule has 0 aromatic rings. The van der Waals surface area contributed by atoms with Crippen molar-refractivity contribution < 1.29 is 4.74 Å². The predicted octanol–water partition coefficient (Wildman–Crippen LogP) is 4.43. The lowest BCUT2D eigenvalue weighted by atomic mass is 9.72. The molecule has 0 aromatic heterocycles. The molecule has 0 bridgehead atoms. The third kappa shape index (κ3) is 11.1. The summed E-state index contributed by atoms with van der Waals surface area (Å²) in [5, 5.41) is 0. The normalized spacial score (nSPS) is 28.3. The Morgan fingerprint density at radius 1 is 0.400 bits per heavy atom. The molecule has 7 aliphatic rings. The topological polar surface area (TPSA) is 35.2 Å². The lowest BCUT2D eigenvalue weighted by Crippen LogP contribution is -2.71. The summed E-state index contributed by atoms with van der Waals surface area (Å²) < 4.78 is 5.35. The summed E-state index contributed by atoms with van der Waals surface area (Å²) in [5.41, 5.74) is 1.64. The Labute approximate surface area is 311 Å². The fourth-order valence-electron chi connectivity index (χ4n) is 9.36. The minimum absolute atomic E-state index is 0.350. The molecule has 50 heavy (non-hydrogen) atoms. The summed E-state index contributed by atoms with van der Waals surface area (Å²) in [6, 6.07) is 2.87. The van der Waals surface area contributed by atoms with Crippen molar-refractivity contribution in [1.29, 1.82) is 0 Å². The van der Waals surface area contributed by atoms with Gasteiger partial charge < -0.3 is 19.4 Å². The Hall–Kier alpha value is -0.360. The first kappa shape index (κ1) is 42.4. The van der Waals surface area contributed by atoms with Crippen LogP contribution in [0.1, 0.15) is 93.9 Å². The van der Waals surface area contributed by atoms with Gasteiger partial charge in [0.2, 0.25) is 0 Å². The van der Waals surface area contributed by atoms with Crippen LogP contribution in [0.4, 0.5) is 0 Å². The first-order chi connectivity index (χ1) is 23.6. The van der Waals surface area contributed by atoms with Gasteiger partial charge in [0.15, 0.2) is 0 Å². The zero-order chi connectivity index (χ0) is 36.7. The van der Waals surface area contributed by atoms with Gasteiger partial charge in [-0.15, -0.1) is 0 Å². The minimum atomic E-state index is 0.350. The monoisotopic (exact) mass is 705 g/mol. The van der Waals surface area contributed by atoms with Crippen molar-refractivity contribution in [1.82, 2.24) is 39.2 Å². The van der Waals surface area contributed by atoms with Crippen molar-refractivity contribution in [3.8, 4) is 0 Å². The fourth-order valence-corrected chi connectivity index (χ4v) is 9.36. The molecule has 6 aliphatic heterocycles. The van der Waals surface area contributed by atoms with E-state index < -0.39 is 0 Å². The summed E-state index contributed by atoms with van der Waals surface area (Å²) in [5.74, 6) is 0. The Balaban J connectivity index is 0.000000150. The molecule has 1 aliphatic carbocycles. The molecule has 0 aromatic carbocycles. The molecule has 7 rings (SSSR count). The van der Waals surface area contributed by atoms with Crippen molar-refractivity contribution in [3.05, 3.63) is 0 Å². The van der Waals surface area contributed by atoms with Gasteiger partial charge in [-0.05, 0) is 154 Å². The number of piperazine rings is 2. The van der Waals surface area contributed by atoms with Gasteiger partial charge in [0, 0.05) is 95.2 Å². The maximum absolute atomic E-state index is 5.35. The van der Waals surface area contributed by atoms with E-state index in [4.69, 9.17) is 4.74 Å². The van der Waals surface area contributed by atoms with Crippen molar-refractivity contribution in [2.45, 2.75) is 129 Å². The molecule has 9 heteroatoms. The molecule has 294 valence electrons. The van der Waals surface area contributed by atoms with E-state index in [0.29, 0.717) is 17.1 Å². The van der Waals surface area contributed by atoms with Crippen LogP contribution in [0.2, 0.25) is 0 Å². The van der Waals surface area contributed by atoms with E-state index >= 15 is 0 Å². The largest absolute Gasteiger partial charge is 0.377 e. The second-order valence-corrected chi connectivity index (χ2v) is 18.9. The summed E-state index contributed by atoms with van der Waals surface area (Å²) in [7, 11) is 8.97. The predicted molar refractivity (Wildman–Crippen MR) is 214 cm³/mol. The van der Waals surface area contributed by atoms with E-state index in [2.05, 4.69) is 123 Å². The van der Waals surface area contributed by atoms with E-state index in [1.807, 2.05) is 0 Å². The SMILES string of the molecule is CC(C)N1CCC2(CC1)CN(C)C2.CC(C)N1CCCN(C)CC1.CC(C)N1CCN(C)C2(CCC2)C1.CC(C)N1CCN(C)C2(COC2)C1. The van der Waals surface area contributed by atoms with Gasteiger partial charge >= 0.3 is 0 Å². The smallest absolute Gasteiger partial charge is 0.0805 e. The summed E-state index contributed by atoms with van der Waals surface area (Å²) in [4.78, 5) is 20.3. The Bertz CT molecular complexity index is 924. The highest BCUT2D eigenvalue weighted by Gasteiger charge is 2.47. The fraction of sp³-hybridized carbons (Fsp3) is 1.00. The number of nitrogens with zero attached hydrogens (tertiary/aromatic N) is 8. The maximum atomic E-state index is 5.35. The highest BCUT2D eigenvalue weighted by Crippen LogP contribution is 2.40. The zero-order valence-electron chi connectivity index (χ0n) is 35.4. The molecule has 3 spiro atoms. The first-order valence-corrected chi connectivity index (χ1v) is 20.9. The van der Waals surface area contributed by atoms with Gasteiger partial charge in [-0.3, -0.25) is 24.5 Å². The molecule has 6 heterocycles. The summed E-state index contributed by atoms with van der Waals surface area (Å²) in [6.45, 7) is 38.0. The lowest BCUT2D eigenvalue weighted by molar-refractivity contribution is -0.164. The highest BCUT2D eigenvalue weighted by atomic mass is 16.5. The van der Waals surface area contributed by atoms with Gasteiger partial charge in [0.25, 0.3) is 0 Å². The van der Waals surface area contributed by atoms with E-state index in [9.17, 15) is 0 Å². The molecule has 7 fully saturated rings. The van der Waals surface area contributed by atoms with Crippen LogP contribution >= 0.6 is 0 Å². The average Bonchev–Trinajstić information content (AvgIpc) is 3.25. The number of hydrogen-bond donors (Lipinski definition) is 0.